The second kappa shape index (κ2) is 9.55. The Kier molecular flexibility index (Phi) is 6.21. The maximum atomic E-state index is 12.5. The van der Waals surface area contributed by atoms with E-state index in [-0.39, 0.29) is 5.75 Å². The third-order valence-corrected chi connectivity index (χ3v) is 8.94. The second-order valence-corrected chi connectivity index (χ2v) is 12.3. The Morgan fingerprint density at radius 2 is 1.89 bits per heavy atom. The van der Waals surface area contributed by atoms with Crippen molar-refractivity contribution in [1.29, 1.82) is 0 Å². The summed E-state index contributed by atoms with van der Waals surface area (Å²) in [6.45, 7) is 6.53. The zero-order chi connectivity index (χ0) is 25.6. The standard InChI is InChI=1S/C26H32N8O2S/c1-3-37(35,36)21-6-4-5-19(13-21)22-15-25-27-20(16-33-11-9-32(2)10-12-33)17-34(25)26(28-22)29-24-14-23(30-31-24)18-7-8-18/h4-6,13-15,17-18H,3,7-12,16H2,1-2H3,(H2,28,29,30,31). The summed E-state index contributed by atoms with van der Waals surface area (Å²) in [7, 11) is -1.18. The van der Waals surface area contributed by atoms with Gasteiger partial charge in [-0.2, -0.15) is 5.10 Å². The number of likely N-dealkylation sites (N-methyl/N-ethyl adjacent to an activating group) is 1. The summed E-state index contributed by atoms with van der Waals surface area (Å²) >= 11 is 0. The molecule has 1 saturated heterocycles. The smallest absolute Gasteiger partial charge is 0.215 e. The number of anilines is 2. The normalized spacial score (nSPS) is 17.5. The Morgan fingerprint density at radius 3 is 2.65 bits per heavy atom. The first-order valence-corrected chi connectivity index (χ1v) is 14.5. The lowest BCUT2D eigenvalue weighted by Crippen LogP contribution is -2.43. The molecule has 37 heavy (non-hydrogen) atoms. The maximum absolute atomic E-state index is 12.5. The molecule has 4 heterocycles. The van der Waals surface area contributed by atoms with Crippen LogP contribution in [0.25, 0.3) is 16.9 Å². The van der Waals surface area contributed by atoms with Crippen LogP contribution in [0.2, 0.25) is 0 Å². The van der Waals surface area contributed by atoms with Gasteiger partial charge in [0.1, 0.15) is 5.65 Å². The molecule has 1 aromatic carbocycles. The van der Waals surface area contributed by atoms with E-state index in [1.165, 1.54) is 12.8 Å². The second-order valence-electron chi connectivity index (χ2n) is 10.0. The van der Waals surface area contributed by atoms with E-state index in [0.29, 0.717) is 28.3 Å². The molecule has 0 atom stereocenters. The van der Waals surface area contributed by atoms with Crippen LogP contribution in [0.3, 0.4) is 0 Å². The van der Waals surface area contributed by atoms with Crippen molar-refractivity contribution in [2.24, 2.45) is 0 Å². The van der Waals surface area contributed by atoms with Gasteiger partial charge in [0, 0.05) is 68.2 Å². The lowest BCUT2D eigenvalue weighted by Gasteiger charge is -2.31. The quantitative estimate of drug-likeness (QED) is 0.364. The lowest BCUT2D eigenvalue weighted by molar-refractivity contribution is 0.147. The molecule has 0 amide bonds. The van der Waals surface area contributed by atoms with Crippen molar-refractivity contribution in [3.05, 3.63) is 54.0 Å². The van der Waals surface area contributed by atoms with E-state index in [1.54, 1.807) is 25.1 Å². The predicted octanol–water partition coefficient (Wildman–Crippen LogP) is 3.28. The van der Waals surface area contributed by atoms with Gasteiger partial charge < -0.3 is 10.2 Å². The highest BCUT2D eigenvalue weighted by Crippen LogP contribution is 2.39. The Hall–Kier alpha value is -3.28. The zero-order valence-corrected chi connectivity index (χ0v) is 22.0. The van der Waals surface area contributed by atoms with Crippen LogP contribution in [0.4, 0.5) is 11.8 Å². The molecule has 1 saturated carbocycles. The molecule has 0 spiro atoms. The fourth-order valence-corrected chi connectivity index (χ4v) is 5.65. The minimum absolute atomic E-state index is 0.0497. The van der Waals surface area contributed by atoms with E-state index in [0.717, 1.165) is 55.3 Å². The molecule has 2 fully saturated rings. The van der Waals surface area contributed by atoms with E-state index in [9.17, 15) is 8.42 Å². The van der Waals surface area contributed by atoms with Crippen LogP contribution in [0.5, 0.6) is 0 Å². The molecule has 4 aromatic rings. The molecule has 2 N–H and O–H groups in total. The monoisotopic (exact) mass is 520 g/mol. The Bertz CT molecular complexity index is 1530. The van der Waals surface area contributed by atoms with Gasteiger partial charge in [-0.25, -0.2) is 18.4 Å². The SMILES string of the molecule is CCS(=O)(=O)c1cccc(-c2cc3nc(CN4CCN(C)CC4)cn3c(Nc3cc(C4CC4)[nH]n3)n2)c1. The number of aromatic nitrogens is 5. The molecule has 1 aliphatic heterocycles. The number of rotatable bonds is 8. The number of aromatic amines is 1. The molecule has 0 unspecified atom stereocenters. The molecule has 11 heteroatoms. The fraction of sp³-hybridized carbons (Fsp3) is 0.423. The van der Waals surface area contributed by atoms with Crippen LogP contribution in [0, 0.1) is 0 Å². The number of nitrogens with zero attached hydrogens (tertiary/aromatic N) is 6. The van der Waals surface area contributed by atoms with E-state index in [2.05, 4.69) is 32.4 Å². The summed E-state index contributed by atoms with van der Waals surface area (Å²) in [4.78, 5) is 14.9. The van der Waals surface area contributed by atoms with Crippen molar-refractivity contribution < 1.29 is 8.42 Å². The average molecular weight is 521 g/mol. The van der Waals surface area contributed by atoms with Crippen molar-refractivity contribution >= 4 is 27.3 Å². The zero-order valence-electron chi connectivity index (χ0n) is 21.2. The van der Waals surface area contributed by atoms with Crippen LogP contribution in [0.1, 0.15) is 37.1 Å². The molecule has 3 aromatic heterocycles. The van der Waals surface area contributed by atoms with Gasteiger partial charge in [-0.05, 0) is 32.0 Å². The topological polar surface area (TPSA) is 112 Å². The van der Waals surface area contributed by atoms with Gasteiger partial charge in [-0.3, -0.25) is 14.4 Å². The highest BCUT2D eigenvalue weighted by atomic mass is 32.2. The van der Waals surface area contributed by atoms with Crippen molar-refractivity contribution in [3.8, 4) is 11.3 Å². The first-order chi connectivity index (χ1) is 17.9. The maximum Gasteiger partial charge on any atom is 0.215 e. The van der Waals surface area contributed by atoms with Gasteiger partial charge in [0.2, 0.25) is 5.95 Å². The molecule has 0 radical (unpaired) electrons. The summed E-state index contributed by atoms with van der Waals surface area (Å²) in [5.41, 5.74) is 4.23. The largest absolute Gasteiger partial charge is 0.308 e. The predicted molar refractivity (Wildman–Crippen MR) is 143 cm³/mol. The van der Waals surface area contributed by atoms with Crippen LogP contribution >= 0.6 is 0 Å². The Labute approximate surface area is 216 Å². The van der Waals surface area contributed by atoms with Gasteiger partial charge in [-0.1, -0.05) is 19.1 Å². The highest BCUT2D eigenvalue weighted by molar-refractivity contribution is 7.91. The van der Waals surface area contributed by atoms with Crippen LogP contribution in [-0.4, -0.2) is 81.8 Å². The van der Waals surface area contributed by atoms with E-state index >= 15 is 0 Å². The minimum Gasteiger partial charge on any atom is -0.308 e. The lowest BCUT2D eigenvalue weighted by atomic mass is 10.1. The van der Waals surface area contributed by atoms with Gasteiger partial charge in [0.25, 0.3) is 0 Å². The number of hydrogen-bond acceptors (Lipinski definition) is 8. The number of fused-ring (bicyclic) bond motifs is 1. The number of sulfone groups is 1. The summed E-state index contributed by atoms with van der Waals surface area (Å²) in [6.07, 6.45) is 4.40. The summed E-state index contributed by atoms with van der Waals surface area (Å²) in [5, 5.41) is 10.9. The number of benzene rings is 1. The molecule has 6 rings (SSSR count). The van der Waals surface area contributed by atoms with E-state index in [1.807, 2.05) is 28.8 Å². The van der Waals surface area contributed by atoms with Crippen LogP contribution < -0.4 is 5.32 Å². The fourth-order valence-electron chi connectivity index (χ4n) is 4.72. The van der Waals surface area contributed by atoms with E-state index in [4.69, 9.17) is 9.97 Å². The number of imidazole rings is 1. The van der Waals surface area contributed by atoms with Crippen molar-refractivity contribution in [3.63, 3.8) is 0 Å². The summed E-state index contributed by atoms with van der Waals surface area (Å²) in [6, 6.07) is 10.9. The Morgan fingerprint density at radius 1 is 1.08 bits per heavy atom. The van der Waals surface area contributed by atoms with Gasteiger partial charge >= 0.3 is 0 Å². The van der Waals surface area contributed by atoms with E-state index < -0.39 is 9.84 Å². The minimum atomic E-state index is -3.33. The van der Waals surface area contributed by atoms with Crippen molar-refractivity contribution in [1.82, 2.24) is 34.4 Å². The first-order valence-electron chi connectivity index (χ1n) is 12.8. The third-order valence-electron chi connectivity index (χ3n) is 7.21. The molecule has 1 aliphatic carbocycles. The number of hydrogen-bond donors (Lipinski definition) is 2. The molecule has 0 bridgehead atoms. The van der Waals surface area contributed by atoms with Gasteiger partial charge in [-0.15, -0.1) is 0 Å². The third kappa shape index (κ3) is 5.11. The molecule has 10 nitrogen and oxygen atoms in total. The highest BCUT2D eigenvalue weighted by Gasteiger charge is 2.26. The van der Waals surface area contributed by atoms with Gasteiger partial charge in [0.05, 0.1) is 22.0 Å². The van der Waals surface area contributed by atoms with Crippen LogP contribution in [-0.2, 0) is 16.4 Å². The van der Waals surface area contributed by atoms with Crippen molar-refractivity contribution in [2.75, 3.05) is 44.3 Å². The molecule has 194 valence electrons. The van der Waals surface area contributed by atoms with Crippen molar-refractivity contribution in [2.45, 2.75) is 37.1 Å². The molecule has 2 aliphatic rings. The first kappa shape index (κ1) is 24.1. The number of nitrogens with one attached hydrogen (secondary N) is 2. The summed E-state index contributed by atoms with van der Waals surface area (Å²) in [5.74, 6) is 1.90. The van der Waals surface area contributed by atoms with Crippen LogP contribution in [0.15, 0.2) is 47.5 Å². The summed E-state index contributed by atoms with van der Waals surface area (Å²) < 4.78 is 27.0. The van der Waals surface area contributed by atoms with Gasteiger partial charge in [0.15, 0.2) is 15.7 Å². The number of piperazine rings is 1. The number of H-pyrrole nitrogens is 1. The molecular weight excluding hydrogens is 488 g/mol. The Balaban J connectivity index is 1.38. The molecular formula is C26H32N8O2S. The average Bonchev–Trinajstić information content (AvgIpc) is 3.51.